The average Bonchev–Trinajstić information content (AvgIpc) is 2.94. The quantitative estimate of drug-likeness (QED) is 0.0767. The smallest absolute Gasteiger partial charge is 0.248 e. The number of amides is 1. The summed E-state index contributed by atoms with van der Waals surface area (Å²) in [6.07, 6.45) is 29.2. The van der Waals surface area contributed by atoms with Crippen LogP contribution in [-0.2, 0) is 4.79 Å². The van der Waals surface area contributed by atoms with Crippen molar-refractivity contribution in [3.05, 3.63) is 95.1 Å². The Kier molecular flexibility index (Phi) is 17.4. The molecule has 0 saturated carbocycles. The van der Waals surface area contributed by atoms with Crippen LogP contribution in [-0.4, -0.2) is 5.91 Å². The van der Waals surface area contributed by atoms with Crippen molar-refractivity contribution in [3.63, 3.8) is 0 Å². The molecule has 0 radical (unpaired) electrons. The summed E-state index contributed by atoms with van der Waals surface area (Å²) in [6, 6.07) is 20.2. The number of hydrogen-bond donors (Lipinski definition) is 1. The van der Waals surface area contributed by atoms with Gasteiger partial charge in [0, 0.05) is 5.57 Å². The van der Waals surface area contributed by atoms with Gasteiger partial charge in [-0.1, -0.05) is 150 Å². The number of benzene rings is 2. The topological polar surface area (TPSA) is 43.1 Å². The van der Waals surface area contributed by atoms with Gasteiger partial charge in [-0.2, -0.15) is 0 Å². The molecule has 0 bridgehead atoms. The van der Waals surface area contributed by atoms with Gasteiger partial charge < -0.3 is 5.73 Å². The first-order valence-corrected chi connectivity index (χ1v) is 15.2. The third-order valence-electron chi connectivity index (χ3n) is 7.07. The Hall–Kier alpha value is -2.87. The molecule has 1 amide bonds. The Morgan fingerprint density at radius 3 is 1.55 bits per heavy atom. The van der Waals surface area contributed by atoms with Crippen LogP contribution in [0.15, 0.2) is 84.0 Å². The first-order chi connectivity index (χ1) is 18.7. The number of nitrogens with two attached hydrogens (primary N) is 1. The van der Waals surface area contributed by atoms with Crippen LogP contribution < -0.4 is 5.73 Å². The van der Waals surface area contributed by atoms with Crippen molar-refractivity contribution < 1.29 is 4.79 Å². The van der Waals surface area contributed by atoms with Crippen LogP contribution in [0, 0.1) is 0 Å². The minimum Gasteiger partial charge on any atom is -0.366 e. The molecule has 0 aliphatic carbocycles. The zero-order chi connectivity index (χ0) is 27.1. The SMILES string of the molecule is CCCCCCCC/C=C\CCCCCCCCCC(=Cc1ccccc1)C(=Cc1ccccc1)C(N)=O. The van der Waals surface area contributed by atoms with Gasteiger partial charge in [-0.3, -0.25) is 4.79 Å². The van der Waals surface area contributed by atoms with Gasteiger partial charge in [0.2, 0.25) is 5.91 Å². The lowest BCUT2D eigenvalue weighted by molar-refractivity contribution is -0.114. The number of rotatable bonds is 21. The molecule has 0 aromatic heterocycles. The van der Waals surface area contributed by atoms with Crippen molar-refractivity contribution in [1.29, 1.82) is 0 Å². The fourth-order valence-corrected chi connectivity index (χ4v) is 4.81. The number of hydrogen-bond acceptors (Lipinski definition) is 1. The van der Waals surface area contributed by atoms with E-state index in [1.165, 1.54) is 89.9 Å². The molecule has 0 saturated heterocycles. The molecule has 2 nitrogen and oxygen atoms in total. The van der Waals surface area contributed by atoms with Crippen molar-refractivity contribution in [3.8, 4) is 0 Å². The maximum atomic E-state index is 12.4. The maximum Gasteiger partial charge on any atom is 0.248 e. The van der Waals surface area contributed by atoms with E-state index in [0.29, 0.717) is 5.57 Å². The van der Waals surface area contributed by atoms with Crippen molar-refractivity contribution in [2.75, 3.05) is 0 Å². The molecule has 2 N–H and O–H groups in total. The fraction of sp³-hybridized carbons (Fsp3) is 0.472. The molecule has 0 heterocycles. The molecular weight excluding hydrogens is 462 g/mol. The van der Waals surface area contributed by atoms with E-state index < -0.39 is 0 Å². The van der Waals surface area contributed by atoms with Crippen LogP contribution >= 0.6 is 0 Å². The molecule has 0 fully saturated rings. The Balaban J connectivity index is 1.69. The van der Waals surface area contributed by atoms with E-state index in [1.54, 1.807) is 0 Å². The highest BCUT2D eigenvalue weighted by Crippen LogP contribution is 2.24. The minimum absolute atomic E-state index is 0.364. The monoisotopic (exact) mass is 513 g/mol. The van der Waals surface area contributed by atoms with Crippen LogP contribution in [0.4, 0.5) is 0 Å². The van der Waals surface area contributed by atoms with Crippen molar-refractivity contribution in [2.24, 2.45) is 5.73 Å². The fourth-order valence-electron chi connectivity index (χ4n) is 4.81. The summed E-state index contributed by atoms with van der Waals surface area (Å²) in [5, 5.41) is 0. The van der Waals surface area contributed by atoms with Crippen molar-refractivity contribution >= 4 is 18.1 Å². The second kappa shape index (κ2) is 21.1. The lowest BCUT2D eigenvalue weighted by atomic mass is 9.94. The summed E-state index contributed by atoms with van der Waals surface area (Å²) in [4.78, 5) is 12.4. The molecule has 2 heteroatoms. The van der Waals surface area contributed by atoms with Gasteiger partial charge in [0.05, 0.1) is 0 Å². The summed E-state index contributed by atoms with van der Waals surface area (Å²) in [6.45, 7) is 2.28. The van der Waals surface area contributed by atoms with E-state index in [0.717, 1.165) is 29.5 Å². The molecule has 0 aliphatic heterocycles. The molecule has 2 rings (SSSR count). The number of primary amides is 1. The van der Waals surface area contributed by atoms with Crippen LogP contribution in [0.2, 0.25) is 0 Å². The van der Waals surface area contributed by atoms with Gasteiger partial charge in [-0.15, -0.1) is 0 Å². The first kappa shape index (κ1) is 31.3. The summed E-state index contributed by atoms with van der Waals surface area (Å²) in [5.74, 6) is -0.364. The Bertz CT molecular complexity index is 955. The molecule has 2 aromatic carbocycles. The second-order valence-corrected chi connectivity index (χ2v) is 10.5. The molecule has 38 heavy (non-hydrogen) atoms. The van der Waals surface area contributed by atoms with Gasteiger partial charge in [0.15, 0.2) is 0 Å². The predicted molar refractivity (Wildman–Crippen MR) is 167 cm³/mol. The minimum atomic E-state index is -0.364. The molecule has 0 unspecified atom stereocenters. The van der Waals surface area contributed by atoms with E-state index in [1.807, 2.05) is 54.6 Å². The number of carbonyl (C=O) groups is 1. The van der Waals surface area contributed by atoms with E-state index in [4.69, 9.17) is 5.73 Å². The molecule has 0 atom stereocenters. The lowest BCUT2D eigenvalue weighted by Gasteiger charge is -2.11. The molecule has 0 spiro atoms. The van der Waals surface area contributed by atoms with Gasteiger partial charge in [-0.25, -0.2) is 0 Å². The normalized spacial score (nSPS) is 12.3. The molecule has 2 aromatic rings. The lowest BCUT2D eigenvalue weighted by Crippen LogP contribution is -2.15. The largest absolute Gasteiger partial charge is 0.366 e. The zero-order valence-electron chi connectivity index (χ0n) is 23.9. The zero-order valence-corrected chi connectivity index (χ0v) is 23.9. The first-order valence-electron chi connectivity index (χ1n) is 15.2. The maximum absolute atomic E-state index is 12.4. The number of carbonyl (C=O) groups excluding carboxylic acids is 1. The standard InChI is InChI=1S/C36H51NO/c1-2-3-4-5-6-7-8-9-10-11-12-13-14-15-16-17-24-29-34(30-32-25-20-18-21-26-32)35(36(37)38)31-33-27-22-19-23-28-33/h9-10,18-23,25-28,30-31H,2-8,11-17,24,29H2,1H3,(H2,37,38)/b10-9-,34-30?,35-31?. The number of allylic oxidation sites excluding steroid dienone is 2. The van der Waals surface area contributed by atoms with Gasteiger partial charge in [0.1, 0.15) is 0 Å². The summed E-state index contributed by atoms with van der Waals surface area (Å²) in [7, 11) is 0. The highest BCUT2D eigenvalue weighted by Gasteiger charge is 2.12. The average molecular weight is 514 g/mol. The van der Waals surface area contributed by atoms with E-state index in [9.17, 15) is 4.79 Å². The highest BCUT2D eigenvalue weighted by molar-refractivity contribution is 6.02. The Morgan fingerprint density at radius 2 is 1.05 bits per heavy atom. The van der Waals surface area contributed by atoms with Crippen LogP contribution in [0.1, 0.15) is 121 Å². The summed E-state index contributed by atoms with van der Waals surface area (Å²) < 4.78 is 0. The van der Waals surface area contributed by atoms with E-state index in [2.05, 4.69) is 37.3 Å². The predicted octanol–water partition coefficient (Wildman–Crippen LogP) is 10.5. The molecular formula is C36H51NO. The van der Waals surface area contributed by atoms with Crippen LogP contribution in [0.5, 0.6) is 0 Å². The van der Waals surface area contributed by atoms with Crippen LogP contribution in [0.25, 0.3) is 12.2 Å². The highest BCUT2D eigenvalue weighted by atomic mass is 16.1. The van der Waals surface area contributed by atoms with Crippen molar-refractivity contribution in [1.82, 2.24) is 0 Å². The third-order valence-corrected chi connectivity index (χ3v) is 7.07. The third kappa shape index (κ3) is 14.8. The van der Waals surface area contributed by atoms with Crippen molar-refractivity contribution in [2.45, 2.75) is 110 Å². The van der Waals surface area contributed by atoms with Gasteiger partial charge in [0.25, 0.3) is 0 Å². The Morgan fingerprint density at radius 1 is 0.605 bits per heavy atom. The van der Waals surface area contributed by atoms with Gasteiger partial charge >= 0.3 is 0 Å². The molecule has 0 aliphatic rings. The van der Waals surface area contributed by atoms with Gasteiger partial charge in [-0.05, 0) is 61.3 Å². The molecule has 206 valence electrons. The van der Waals surface area contributed by atoms with Crippen LogP contribution in [0.3, 0.4) is 0 Å². The van der Waals surface area contributed by atoms with E-state index in [-0.39, 0.29) is 5.91 Å². The van der Waals surface area contributed by atoms with E-state index >= 15 is 0 Å². The Labute approximate surface area is 233 Å². The summed E-state index contributed by atoms with van der Waals surface area (Å²) >= 11 is 0. The summed E-state index contributed by atoms with van der Waals surface area (Å²) in [5.41, 5.74) is 9.59. The second-order valence-electron chi connectivity index (χ2n) is 10.5. The number of unbranched alkanes of at least 4 members (excludes halogenated alkanes) is 13.